The third kappa shape index (κ3) is 4.01. The van der Waals surface area contributed by atoms with E-state index in [0.717, 1.165) is 47.7 Å². The maximum absolute atomic E-state index is 12.7. The molecule has 5 rings (SSSR count). The molecule has 31 heavy (non-hydrogen) atoms. The molecular weight excluding hydrogens is 414 g/mol. The molecule has 1 saturated heterocycles. The molecule has 1 fully saturated rings. The molecule has 3 aromatic heterocycles. The summed E-state index contributed by atoms with van der Waals surface area (Å²) in [5.74, 6) is 1.52. The Hall–Kier alpha value is -3.32. The standard InChI is InChI=1S/C23H22ClN5O2/c24-19-8-2-1-7-18(19)20-13-21-22(25-9-11-29(21)27-20)28-10-3-5-16(15-28)23(30)26-14-17-6-4-12-31-17/h1-2,4,6-9,11-13,16H,3,5,10,14-15H2,(H,26,30)/t16-/m1/s1. The van der Waals surface area contributed by atoms with Crippen LogP contribution < -0.4 is 10.2 Å². The van der Waals surface area contributed by atoms with Crippen LogP contribution in [0.4, 0.5) is 5.82 Å². The molecule has 1 aromatic carbocycles. The largest absolute Gasteiger partial charge is 0.467 e. The number of halogens is 1. The molecule has 1 amide bonds. The van der Waals surface area contributed by atoms with E-state index in [1.54, 1.807) is 12.5 Å². The monoisotopic (exact) mass is 435 g/mol. The van der Waals surface area contributed by atoms with Gasteiger partial charge in [-0.05, 0) is 37.1 Å². The summed E-state index contributed by atoms with van der Waals surface area (Å²) in [5.41, 5.74) is 2.58. The lowest BCUT2D eigenvalue weighted by atomic mass is 9.97. The van der Waals surface area contributed by atoms with Gasteiger partial charge in [-0.25, -0.2) is 9.50 Å². The lowest BCUT2D eigenvalue weighted by Gasteiger charge is -2.33. The zero-order valence-electron chi connectivity index (χ0n) is 16.9. The Morgan fingerprint density at radius 1 is 1.26 bits per heavy atom. The minimum Gasteiger partial charge on any atom is -0.467 e. The average Bonchev–Trinajstić information content (AvgIpc) is 3.47. The van der Waals surface area contributed by atoms with Crippen molar-refractivity contribution in [2.45, 2.75) is 19.4 Å². The Balaban J connectivity index is 1.37. The number of hydrogen-bond donors (Lipinski definition) is 1. The number of furan rings is 1. The summed E-state index contributed by atoms with van der Waals surface area (Å²) in [6.45, 7) is 1.87. The number of piperidine rings is 1. The van der Waals surface area contributed by atoms with Gasteiger partial charge in [-0.15, -0.1) is 0 Å². The summed E-state index contributed by atoms with van der Waals surface area (Å²) in [5, 5.41) is 8.33. The molecule has 0 radical (unpaired) electrons. The number of anilines is 1. The fraction of sp³-hybridized carbons (Fsp3) is 0.261. The lowest BCUT2D eigenvalue weighted by Crippen LogP contribution is -2.43. The van der Waals surface area contributed by atoms with Crippen LogP contribution in [0.5, 0.6) is 0 Å². The third-order valence-electron chi connectivity index (χ3n) is 5.63. The van der Waals surface area contributed by atoms with Gasteiger partial charge in [0.05, 0.1) is 29.4 Å². The molecule has 7 nitrogen and oxygen atoms in total. The van der Waals surface area contributed by atoms with Gasteiger partial charge in [0.2, 0.25) is 5.91 Å². The summed E-state index contributed by atoms with van der Waals surface area (Å²) < 4.78 is 7.12. The van der Waals surface area contributed by atoms with Crippen LogP contribution in [0.25, 0.3) is 16.8 Å². The Morgan fingerprint density at radius 3 is 3.00 bits per heavy atom. The lowest BCUT2D eigenvalue weighted by molar-refractivity contribution is -0.125. The zero-order valence-corrected chi connectivity index (χ0v) is 17.6. The normalized spacial score (nSPS) is 16.5. The first-order valence-corrected chi connectivity index (χ1v) is 10.7. The van der Waals surface area contributed by atoms with E-state index in [1.807, 2.05) is 53.2 Å². The Bertz CT molecular complexity index is 1200. The van der Waals surface area contributed by atoms with Crippen LogP contribution in [0.15, 0.2) is 65.5 Å². The van der Waals surface area contributed by atoms with Crippen molar-refractivity contribution in [2.75, 3.05) is 18.0 Å². The van der Waals surface area contributed by atoms with Gasteiger partial charge in [0.15, 0.2) is 5.82 Å². The zero-order chi connectivity index (χ0) is 21.2. The molecule has 1 atom stereocenters. The van der Waals surface area contributed by atoms with Gasteiger partial charge in [-0.2, -0.15) is 5.10 Å². The predicted octanol–water partition coefficient (Wildman–Crippen LogP) is 4.18. The number of fused-ring (bicyclic) bond motifs is 1. The minimum atomic E-state index is -0.100. The van der Waals surface area contributed by atoms with Gasteiger partial charge in [-0.1, -0.05) is 29.8 Å². The van der Waals surface area contributed by atoms with Gasteiger partial charge in [0.1, 0.15) is 11.3 Å². The highest BCUT2D eigenvalue weighted by atomic mass is 35.5. The molecule has 0 unspecified atom stereocenters. The number of benzene rings is 1. The molecule has 0 saturated carbocycles. The maximum Gasteiger partial charge on any atom is 0.225 e. The summed E-state index contributed by atoms with van der Waals surface area (Å²) in [6, 6.07) is 13.3. The van der Waals surface area contributed by atoms with E-state index in [2.05, 4.69) is 20.3 Å². The van der Waals surface area contributed by atoms with Crippen LogP contribution in [0.3, 0.4) is 0 Å². The van der Waals surface area contributed by atoms with Crippen molar-refractivity contribution in [3.63, 3.8) is 0 Å². The Kier molecular flexibility index (Phi) is 5.34. The van der Waals surface area contributed by atoms with Crippen molar-refractivity contribution in [1.82, 2.24) is 19.9 Å². The van der Waals surface area contributed by atoms with Crippen molar-refractivity contribution in [3.05, 3.63) is 71.9 Å². The van der Waals surface area contributed by atoms with Crippen LogP contribution in [0, 0.1) is 5.92 Å². The highest BCUT2D eigenvalue weighted by molar-refractivity contribution is 6.33. The second kappa shape index (κ2) is 8.43. The first kappa shape index (κ1) is 19.6. The van der Waals surface area contributed by atoms with Crippen LogP contribution >= 0.6 is 11.6 Å². The number of aromatic nitrogens is 3. The van der Waals surface area contributed by atoms with Gasteiger partial charge >= 0.3 is 0 Å². The van der Waals surface area contributed by atoms with Crippen LogP contribution in [0.1, 0.15) is 18.6 Å². The van der Waals surface area contributed by atoms with E-state index in [9.17, 15) is 4.79 Å². The number of rotatable bonds is 5. The molecule has 1 aliphatic rings. The summed E-state index contributed by atoms with van der Waals surface area (Å²) >= 11 is 6.37. The average molecular weight is 436 g/mol. The quantitative estimate of drug-likeness (QED) is 0.509. The maximum atomic E-state index is 12.7. The first-order chi connectivity index (χ1) is 15.2. The summed E-state index contributed by atoms with van der Waals surface area (Å²) in [6.07, 6.45) is 6.96. The number of carbonyl (C=O) groups is 1. The van der Waals surface area contributed by atoms with Gasteiger partial charge in [-0.3, -0.25) is 4.79 Å². The second-order valence-corrected chi connectivity index (χ2v) is 8.08. The molecule has 158 valence electrons. The molecule has 0 aliphatic carbocycles. The molecule has 0 bridgehead atoms. The molecular formula is C23H22ClN5O2. The van der Waals surface area contributed by atoms with Gasteiger partial charge < -0.3 is 14.6 Å². The van der Waals surface area contributed by atoms with E-state index in [1.165, 1.54) is 0 Å². The number of amides is 1. The highest BCUT2D eigenvalue weighted by Crippen LogP contribution is 2.31. The number of nitrogens with one attached hydrogen (secondary N) is 1. The van der Waals surface area contributed by atoms with E-state index < -0.39 is 0 Å². The highest BCUT2D eigenvalue weighted by Gasteiger charge is 2.28. The van der Waals surface area contributed by atoms with Crippen molar-refractivity contribution >= 4 is 28.8 Å². The van der Waals surface area contributed by atoms with Crippen molar-refractivity contribution in [2.24, 2.45) is 5.92 Å². The first-order valence-electron chi connectivity index (χ1n) is 10.3. The summed E-state index contributed by atoms with van der Waals surface area (Å²) in [7, 11) is 0. The van der Waals surface area contributed by atoms with Gasteiger partial charge in [0, 0.05) is 31.0 Å². The summed E-state index contributed by atoms with van der Waals surface area (Å²) in [4.78, 5) is 19.5. The smallest absolute Gasteiger partial charge is 0.225 e. The Labute approximate surface area is 184 Å². The van der Waals surface area contributed by atoms with E-state index in [0.29, 0.717) is 18.1 Å². The number of carbonyl (C=O) groups excluding carboxylic acids is 1. The van der Waals surface area contributed by atoms with E-state index >= 15 is 0 Å². The fourth-order valence-corrected chi connectivity index (χ4v) is 4.30. The molecule has 0 spiro atoms. The SMILES string of the molecule is O=C(NCc1ccco1)[C@@H]1CCCN(c2nccn3nc(-c4ccccc4Cl)cc23)C1. The van der Waals surface area contributed by atoms with Crippen molar-refractivity contribution < 1.29 is 9.21 Å². The van der Waals surface area contributed by atoms with Crippen LogP contribution in [0.2, 0.25) is 5.02 Å². The number of hydrogen-bond acceptors (Lipinski definition) is 5. The second-order valence-electron chi connectivity index (χ2n) is 7.67. The van der Waals surface area contributed by atoms with Crippen LogP contribution in [-0.2, 0) is 11.3 Å². The van der Waals surface area contributed by atoms with Crippen LogP contribution in [-0.4, -0.2) is 33.6 Å². The molecule has 4 aromatic rings. The van der Waals surface area contributed by atoms with Gasteiger partial charge in [0.25, 0.3) is 0 Å². The molecule has 8 heteroatoms. The number of nitrogens with zero attached hydrogens (tertiary/aromatic N) is 4. The van der Waals surface area contributed by atoms with E-state index in [4.69, 9.17) is 16.0 Å². The molecule has 4 heterocycles. The fourth-order valence-electron chi connectivity index (χ4n) is 4.07. The minimum absolute atomic E-state index is 0.0401. The third-order valence-corrected chi connectivity index (χ3v) is 5.96. The topological polar surface area (TPSA) is 75.7 Å². The van der Waals surface area contributed by atoms with Crippen molar-refractivity contribution in [3.8, 4) is 11.3 Å². The van der Waals surface area contributed by atoms with Crippen molar-refractivity contribution in [1.29, 1.82) is 0 Å². The van der Waals surface area contributed by atoms with E-state index in [-0.39, 0.29) is 11.8 Å². The predicted molar refractivity (Wildman–Crippen MR) is 119 cm³/mol. The molecule has 1 aliphatic heterocycles. The Morgan fingerprint density at radius 2 is 2.16 bits per heavy atom. The molecule has 1 N–H and O–H groups in total.